The van der Waals surface area contributed by atoms with Gasteiger partial charge in [0.2, 0.25) is 0 Å². The van der Waals surface area contributed by atoms with Gasteiger partial charge in [0.1, 0.15) is 0 Å². The molecule has 2 aromatic rings. The summed E-state index contributed by atoms with van der Waals surface area (Å²) in [7, 11) is 0. The molecule has 0 bridgehead atoms. The molecule has 0 spiro atoms. The second kappa shape index (κ2) is 12.6. The van der Waals surface area contributed by atoms with Crippen molar-refractivity contribution < 1.29 is 13.9 Å². The van der Waals surface area contributed by atoms with Crippen molar-refractivity contribution in [2.75, 3.05) is 37.5 Å². The van der Waals surface area contributed by atoms with E-state index in [0.717, 1.165) is 80.9 Å². The van der Waals surface area contributed by atoms with Gasteiger partial charge in [0.05, 0.1) is 0 Å². The van der Waals surface area contributed by atoms with Gasteiger partial charge in [-0.05, 0) is 0 Å². The predicted octanol–water partition coefficient (Wildman–Crippen LogP) is 5.93. The first-order chi connectivity index (χ1) is 17.1. The number of pyridine rings is 1. The molecule has 2 aliphatic heterocycles. The first-order valence-electron chi connectivity index (χ1n) is 13.5. The van der Waals surface area contributed by atoms with Gasteiger partial charge in [0, 0.05) is 0 Å². The molecule has 0 amide bonds. The second-order valence-corrected chi connectivity index (χ2v) is 23.7. The zero-order chi connectivity index (χ0) is 24.8. The molecule has 0 radical (unpaired) electrons. The zero-order valence-electron chi connectivity index (χ0n) is 21.9. The van der Waals surface area contributed by atoms with Gasteiger partial charge in [-0.2, -0.15) is 0 Å². The van der Waals surface area contributed by atoms with Crippen LogP contribution in [-0.2, 0) is 4.74 Å². The number of aromatic nitrogens is 3. The summed E-state index contributed by atoms with van der Waals surface area (Å²) in [4.78, 5) is 17.0. The van der Waals surface area contributed by atoms with E-state index >= 15 is 4.39 Å². The molecule has 0 aliphatic carbocycles. The van der Waals surface area contributed by atoms with Crippen LogP contribution in [0.3, 0.4) is 0 Å². The summed E-state index contributed by atoms with van der Waals surface area (Å²) in [6.45, 7) is 9.30. The maximum absolute atomic E-state index is 16.7. The Morgan fingerprint density at radius 1 is 1.00 bits per heavy atom. The summed E-state index contributed by atoms with van der Waals surface area (Å²) < 4.78 is 33.1. The van der Waals surface area contributed by atoms with E-state index in [0.29, 0.717) is 35.2 Å². The zero-order valence-corrected chi connectivity index (χ0v) is 25.5. The Morgan fingerprint density at radius 3 is 2.31 bits per heavy atom. The SMILES string of the molecule is CCC[CH2][Sn]([CH2]CCC)([CH2]CCC)[c]1nc2c3c(nc(SC)nc3c1F)N1CCCOC[C@H]1CO2. The van der Waals surface area contributed by atoms with E-state index in [2.05, 4.69) is 25.7 Å². The minimum absolute atomic E-state index is 0.0413. The normalized spacial score (nSPS) is 18.2. The third-order valence-corrected chi connectivity index (χ3v) is 23.1. The summed E-state index contributed by atoms with van der Waals surface area (Å²) >= 11 is -1.70. The molecule has 1 fully saturated rings. The van der Waals surface area contributed by atoms with E-state index in [9.17, 15) is 0 Å². The molecule has 6 nitrogen and oxygen atoms in total. The van der Waals surface area contributed by atoms with Gasteiger partial charge >= 0.3 is 219 Å². The first kappa shape index (κ1) is 27.2. The van der Waals surface area contributed by atoms with E-state index in [1.54, 1.807) is 0 Å². The molecule has 2 aliphatic rings. The van der Waals surface area contributed by atoms with Gasteiger partial charge in [-0.3, -0.25) is 0 Å². The van der Waals surface area contributed by atoms with E-state index in [1.807, 2.05) is 6.26 Å². The van der Waals surface area contributed by atoms with E-state index < -0.39 is 18.4 Å². The number of rotatable bonds is 11. The number of nitrogens with zero attached hydrogens (tertiary/aromatic N) is 4. The molecular formula is C26H41FN4O2SSn. The van der Waals surface area contributed by atoms with Crippen LogP contribution in [0.1, 0.15) is 65.7 Å². The molecule has 2 aromatic heterocycles. The van der Waals surface area contributed by atoms with Crippen LogP contribution in [0, 0.1) is 5.82 Å². The monoisotopic (exact) mass is 612 g/mol. The van der Waals surface area contributed by atoms with Crippen LogP contribution >= 0.6 is 11.8 Å². The van der Waals surface area contributed by atoms with Gasteiger partial charge in [-0.25, -0.2) is 0 Å². The number of unbranched alkanes of at least 4 members (excludes halogenated alkanes) is 3. The van der Waals surface area contributed by atoms with Crippen LogP contribution in [0.5, 0.6) is 5.88 Å². The van der Waals surface area contributed by atoms with Crippen molar-refractivity contribution in [3.8, 4) is 5.88 Å². The molecule has 4 rings (SSSR count). The summed E-state index contributed by atoms with van der Waals surface area (Å²) in [5.41, 5.74) is 0.413. The van der Waals surface area contributed by atoms with Crippen LogP contribution in [0.4, 0.5) is 10.2 Å². The topological polar surface area (TPSA) is 60.4 Å². The van der Waals surface area contributed by atoms with E-state index in [1.165, 1.54) is 11.8 Å². The first-order valence-corrected chi connectivity index (χ1v) is 22.2. The second-order valence-electron chi connectivity index (χ2n) is 10.0. The van der Waals surface area contributed by atoms with E-state index in [-0.39, 0.29) is 11.9 Å². The summed E-state index contributed by atoms with van der Waals surface area (Å²) in [6, 6.07) is 0.0413. The van der Waals surface area contributed by atoms with Crippen LogP contribution in [0.15, 0.2) is 5.16 Å². The van der Waals surface area contributed by atoms with Crippen molar-refractivity contribution in [2.45, 2.75) is 90.2 Å². The molecule has 9 heteroatoms. The molecule has 0 aromatic carbocycles. The van der Waals surface area contributed by atoms with Crippen LogP contribution in [-0.4, -0.2) is 72.0 Å². The molecular weight excluding hydrogens is 570 g/mol. The third kappa shape index (κ3) is 5.69. The number of thioether (sulfide) groups is 1. The van der Waals surface area contributed by atoms with Crippen LogP contribution < -0.4 is 13.3 Å². The number of hydrogen-bond acceptors (Lipinski definition) is 7. The average molecular weight is 611 g/mol. The fraction of sp³-hybridized carbons (Fsp3) is 0.731. The van der Waals surface area contributed by atoms with Gasteiger partial charge < -0.3 is 0 Å². The van der Waals surface area contributed by atoms with Gasteiger partial charge in [0.25, 0.3) is 0 Å². The van der Waals surface area contributed by atoms with Gasteiger partial charge in [-0.15, -0.1) is 0 Å². The number of hydrogen-bond donors (Lipinski definition) is 0. The predicted molar refractivity (Wildman–Crippen MR) is 146 cm³/mol. The quantitative estimate of drug-likeness (QED) is 0.178. The van der Waals surface area contributed by atoms with E-state index in [4.69, 9.17) is 24.4 Å². The fourth-order valence-corrected chi connectivity index (χ4v) is 21.5. The summed E-state index contributed by atoms with van der Waals surface area (Å²) in [5, 5.41) is 1.26. The standard InChI is InChI=1S/C14H14FN4O2S.3C4H9.Sn/c1-22-14-17-11-9(15)5-16-13-10(11)12(18-14)19-3-2-4-20-6-8(19)7-21-13;3*1-3-4-2;/h8H,2-4,6-7H2,1H3;3*1,3-4H2,2H3;/t8-;;;;/m0..../s1. The molecule has 0 saturated carbocycles. The molecule has 35 heavy (non-hydrogen) atoms. The number of fused-ring (bicyclic) bond motifs is 2. The summed E-state index contributed by atoms with van der Waals surface area (Å²) in [5.74, 6) is 1.12. The Bertz CT molecular complexity index is 989. The van der Waals surface area contributed by atoms with Crippen molar-refractivity contribution in [1.82, 2.24) is 15.0 Å². The molecule has 1 saturated heterocycles. The van der Waals surface area contributed by atoms with Crippen molar-refractivity contribution in [3.05, 3.63) is 5.82 Å². The van der Waals surface area contributed by atoms with Crippen molar-refractivity contribution >= 4 is 50.6 Å². The average Bonchev–Trinajstić information content (AvgIpc) is 3.20. The Morgan fingerprint density at radius 2 is 1.69 bits per heavy atom. The minimum atomic E-state index is -3.17. The molecule has 4 heterocycles. The maximum atomic E-state index is 16.7. The summed E-state index contributed by atoms with van der Waals surface area (Å²) in [6.07, 6.45) is 9.72. The Balaban J connectivity index is 1.95. The fourth-order valence-electron chi connectivity index (χ4n) is 5.55. The third-order valence-electron chi connectivity index (χ3n) is 7.55. The Hall–Kier alpha value is -0.871. The van der Waals surface area contributed by atoms with Crippen molar-refractivity contribution in [2.24, 2.45) is 0 Å². The Labute approximate surface area is 218 Å². The van der Waals surface area contributed by atoms with Crippen LogP contribution in [0.2, 0.25) is 13.3 Å². The van der Waals surface area contributed by atoms with Crippen molar-refractivity contribution in [1.29, 1.82) is 0 Å². The van der Waals surface area contributed by atoms with Crippen LogP contribution in [0.25, 0.3) is 10.9 Å². The number of halogens is 1. The van der Waals surface area contributed by atoms with Crippen molar-refractivity contribution in [3.63, 3.8) is 0 Å². The number of anilines is 1. The van der Waals surface area contributed by atoms with Gasteiger partial charge in [-0.1, -0.05) is 0 Å². The Kier molecular flexibility index (Phi) is 9.77. The van der Waals surface area contributed by atoms with Gasteiger partial charge in [0.15, 0.2) is 0 Å². The molecule has 0 unspecified atom stereocenters. The molecule has 0 N–H and O–H groups in total. The number of ether oxygens (including phenoxy) is 2. The molecule has 1 atom stereocenters. The molecule has 194 valence electrons.